The van der Waals surface area contributed by atoms with Gasteiger partial charge in [-0.05, 0) is 42.3 Å². The number of carbonyl (C=O) groups is 2. The highest BCUT2D eigenvalue weighted by Gasteiger charge is 2.27. The van der Waals surface area contributed by atoms with Crippen molar-refractivity contribution in [3.63, 3.8) is 0 Å². The molecule has 1 aliphatic rings. The topological polar surface area (TPSA) is 83.5 Å². The second-order valence-corrected chi connectivity index (χ2v) is 9.96. The summed E-state index contributed by atoms with van der Waals surface area (Å²) in [6.07, 6.45) is 3.84. The van der Waals surface area contributed by atoms with Gasteiger partial charge in [-0.2, -0.15) is 4.31 Å². The predicted octanol–water partition coefficient (Wildman–Crippen LogP) is 3.59. The van der Waals surface area contributed by atoms with Gasteiger partial charge in [-0.1, -0.05) is 30.7 Å². The molecule has 1 aromatic heterocycles. The first-order chi connectivity index (χ1) is 14.0. The van der Waals surface area contributed by atoms with E-state index in [-0.39, 0.29) is 29.6 Å². The number of carbonyl (C=O) groups excluding carboxylic acids is 2. The minimum atomic E-state index is -3.56. The van der Waals surface area contributed by atoms with Gasteiger partial charge < -0.3 is 5.32 Å². The lowest BCUT2D eigenvalue weighted by Crippen LogP contribution is -2.36. The number of thiophene rings is 1. The first-order valence-electron chi connectivity index (χ1n) is 9.90. The van der Waals surface area contributed by atoms with E-state index in [1.807, 2.05) is 11.4 Å². The van der Waals surface area contributed by atoms with E-state index in [1.54, 1.807) is 30.3 Å². The third kappa shape index (κ3) is 5.74. The summed E-state index contributed by atoms with van der Waals surface area (Å²) < 4.78 is 27.5. The molecule has 0 atom stereocenters. The van der Waals surface area contributed by atoms with E-state index in [2.05, 4.69) is 5.32 Å². The van der Waals surface area contributed by atoms with Gasteiger partial charge >= 0.3 is 0 Å². The van der Waals surface area contributed by atoms with Crippen molar-refractivity contribution in [2.24, 2.45) is 0 Å². The average molecular weight is 435 g/mol. The predicted molar refractivity (Wildman–Crippen MR) is 113 cm³/mol. The highest BCUT2D eigenvalue weighted by Crippen LogP contribution is 2.23. The van der Waals surface area contributed by atoms with E-state index < -0.39 is 10.0 Å². The molecule has 8 heteroatoms. The van der Waals surface area contributed by atoms with E-state index in [1.165, 1.54) is 15.6 Å². The van der Waals surface area contributed by atoms with Crippen LogP contribution >= 0.6 is 11.3 Å². The summed E-state index contributed by atoms with van der Waals surface area (Å²) in [7, 11) is -3.56. The number of sulfonamides is 1. The van der Waals surface area contributed by atoms with E-state index in [0.717, 1.165) is 19.3 Å². The van der Waals surface area contributed by atoms with Crippen molar-refractivity contribution in [3.8, 4) is 0 Å². The van der Waals surface area contributed by atoms with Crippen LogP contribution in [0.25, 0.3) is 0 Å². The number of nitrogens with zero attached hydrogens (tertiary/aromatic N) is 1. The fraction of sp³-hybridized carbons (Fsp3) is 0.429. The third-order valence-corrected chi connectivity index (χ3v) is 7.90. The van der Waals surface area contributed by atoms with Crippen molar-refractivity contribution in [2.45, 2.75) is 50.0 Å². The van der Waals surface area contributed by atoms with Crippen molar-refractivity contribution >= 4 is 33.1 Å². The lowest BCUT2D eigenvalue weighted by atomic mass is 10.1. The first-order valence-corrected chi connectivity index (χ1v) is 12.2. The van der Waals surface area contributed by atoms with E-state index in [0.29, 0.717) is 36.4 Å². The number of Topliss-reactive ketones (excluding diaryl/α,β-unsaturated/α-hetero) is 1. The second-order valence-electron chi connectivity index (χ2n) is 7.10. The van der Waals surface area contributed by atoms with Gasteiger partial charge in [0.05, 0.1) is 9.77 Å². The molecule has 1 amide bonds. The van der Waals surface area contributed by atoms with Crippen LogP contribution < -0.4 is 5.32 Å². The molecule has 0 saturated carbocycles. The molecule has 29 heavy (non-hydrogen) atoms. The van der Waals surface area contributed by atoms with Gasteiger partial charge in [-0.3, -0.25) is 9.59 Å². The van der Waals surface area contributed by atoms with Crippen molar-refractivity contribution in [1.29, 1.82) is 0 Å². The minimum Gasteiger partial charge on any atom is -0.352 e. The molecule has 1 fully saturated rings. The summed E-state index contributed by atoms with van der Waals surface area (Å²) in [6.45, 7) is 1.24. The van der Waals surface area contributed by atoms with Crippen LogP contribution in [0, 0.1) is 0 Å². The molecule has 1 saturated heterocycles. The fourth-order valence-electron chi connectivity index (χ4n) is 3.40. The maximum Gasteiger partial charge on any atom is 0.243 e. The summed E-state index contributed by atoms with van der Waals surface area (Å²) in [4.78, 5) is 25.1. The maximum atomic E-state index is 13.0. The number of nitrogens with one attached hydrogen (secondary N) is 1. The number of amides is 1. The Bertz CT molecular complexity index is 933. The molecular weight excluding hydrogens is 408 g/mol. The molecule has 0 bridgehead atoms. The molecular formula is C21H26N2O4S2. The number of rotatable bonds is 9. The molecule has 3 rings (SSSR count). The number of piperidine rings is 1. The molecule has 156 valence electrons. The van der Waals surface area contributed by atoms with Crippen molar-refractivity contribution < 1.29 is 18.0 Å². The SMILES string of the molecule is O=C(CCCC(=O)c1cccs1)NCc1ccccc1S(=O)(=O)N1CCCCC1. The molecule has 1 aliphatic heterocycles. The molecule has 2 aromatic rings. The van der Waals surface area contributed by atoms with Crippen LogP contribution in [0.5, 0.6) is 0 Å². The van der Waals surface area contributed by atoms with Crippen LogP contribution in [0.2, 0.25) is 0 Å². The van der Waals surface area contributed by atoms with Crippen LogP contribution in [-0.4, -0.2) is 37.5 Å². The number of hydrogen-bond acceptors (Lipinski definition) is 5. The van der Waals surface area contributed by atoms with Crippen LogP contribution in [-0.2, 0) is 21.4 Å². The Kier molecular flexibility index (Phi) is 7.57. The number of hydrogen-bond donors (Lipinski definition) is 1. The zero-order chi connectivity index (χ0) is 20.7. The first kappa shape index (κ1) is 21.7. The summed E-state index contributed by atoms with van der Waals surface area (Å²) in [6, 6.07) is 10.4. The highest BCUT2D eigenvalue weighted by molar-refractivity contribution is 7.89. The van der Waals surface area contributed by atoms with Gasteiger partial charge in [0.25, 0.3) is 0 Å². The van der Waals surface area contributed by atoms with Gasteiger partial charge in [0, 0.05) is 32.5 Å². The van der Waals surface area contributed by atoms with Gasteiger partial charge in [0.2, 0.25) is 15.9 Å². The summed E-state index contributed by atoms with van der Waals surface area (Å²) in [5.74, 6) is -0.139. The Balaban J connectivity index is 1.54. The third-order valence-electron chi connectivity index (χ3n) is 4.99. The van der Waals surface area contributed by atoms with Gasteiger partial charge in [0.15, 0.2) is 5.78 Å². The van der Waals surface area contributed by atoms with Crippen LogP contribution in [0.3, 0.4) is 0 Å². The lowest BCUT2D eigenvalue weighted by Gasteiger charge is -2.26. The lowest BCUT2D eigenvalue weighted by molar-refractivity contribution is -0.121. The number of ketones is 1. The number of benzene rings is 1. The van der Waals surface area contributed by atoms with Crippen LogP contribution in [0.15, 0.2) is 46.7 Å². The van der Waals surface area contributed by atoms with E-state index in [9.17, 15) is 18.0 Å². The van der Waals surface area contributed by atoms with Gasteiger partial charge in [-0.25, -0.2) is 8.42 Å². The fourth-order valence-corrected chi connectivity index (χ4v) is 5.83. The minimum absolute atomic E-state index is 0.0470. The molecule has 0 aliphatic carbocycles. The summed E-state index contributed by atoms with van der Waals surface area (Å²) in [5, 5.41) is 4.65. The molecule has 1 aromatic carbocycles. The molecule has 1 N–H and O–H groups in total. The molecule has 2 heterocycles. The van der Waals surface area contributed by atoms with Crippen molar-refractivity contribution in [3.05, 3.63) is 52.2 Å². The van der Waals surface area contributed by atoms with Crippen molar-refractivity contribution in [2.75, 3.05) is 13.1 Å². The zero-order valence-corrected chi connectivity index (χ0v) is 17.9. The molecule has 0 unspecified atom stereocenters. The zero-order valence-electron chi connectivity index (χ0n) is 16.3. The highest BCUT2D eigenvalue weighted by atomic mass is 32.2. The maximum absolute atomic E-state index is 13.0. The van der Waals surface area contributed by atoms with Crippen LogP contribution in [0.1, 0.15) is 53.8 Å². The standard InChI is InChI=1S/C21H26N2O4S2/c24-18(19-10-7-15-28-19)9-6-12-21(25)22-16-17-8-2-3-11-20(17)29(26,27)23-13-4-1-5-14-23/h2-3,7-8,10-11,15H,1,4-6,9,12-14,16H2,(H,22,25). The van der Waals surface area contributed by atoms with Gasteiger partial charge in [0.1, 0.15) is 0 Å². The summed E-state index contributed by atoms with van der Waals surface area (Å²) in [5.41, 5.74) is 0.584. The van der Waals surface area contributed by atoms with Crippen LogP contribution in [0.4, 0.5) is 0 Å². The quantitative estimate of drug-likeness (QED) is 0.612. The van der Waals surface area contributed by atoms with E-state index in [4.69, 9.17) is 0 Å². The second kappa shape index (κ2) is 10.1. The Morgan fingerprint density at radius 2 is 1.76 bits per heavy atom. The Morgan fingerprint density at radius 1 is 1.00 bits per heavy atom. The Morgan fingerprint density at radius 3 is 2.48 bits per heavy atom. The normalized spacial score (nSPS) is 15.2. The Hall–Kier alpha value is -2.03. The molecule has 6 nitrogen and oxygen atoms in total. The average Bonchev–Trinajstić information content (AvgIpc) is 3.28. The monoisotopic (exact) mass is 434 g/mol. The molecule has 0 spiro atoms. The van der Waals surface area contributed by atoms with E-state index >= 15 is 0 Å². The molecule has 0 radical (unpaired) electrons. The van der Waals surface area contributed by atoms with Gasteiger partial charge in [-0.15, -0.1) is 11.3 Å². The smallest absolute Gasteiger partial charge is 0.243 e. The Labute approximate surface area is 176 Å². The largest absolute Gasteiger partial charge is 0.352 e. The van der Waals surface area contributed by atoms with Crippen molar-refractivity contribution in [1.82, 2.24) is 9.62 Å². The summed E-state index contributed by atoms with van der Waals surface area (Å²) >= 11 is 1.40.